The van der Waals surface area contributed by atoms with E-state index in [0.717, 1.165) is 22.5 Å². The molecule has 1 atom stereocenters. The Balaban J connectivity index is 2.84. The van der Waals surface area contributed by atoms with Crippen LogP contribution < -0.4 is 11.1 Å². The molecule has 4 nitrogen and oxygen atoms in total. The summed E-state index contributed by atoms with van der Waals surface area (Å²) in [5.74, 6) is 1.28. The van der Waals surface area contributed by atoms with Crippen molar-refractivity contribution in [1.29, 1.82) is 0 Å². The summed E-state index contributed by atoms with van der Waals surface area (Å²) in [6, 6.07) is 0.233. The Kier molecular flexibility index (Phi) is 5.88. The van der Waals surface area contributed by atoms with Crippen molar-refractivity contribution in [3.63, 3.8) is 0 Å². The molecule has 102 valence electrons. The molecule has 0 fully saturated rings. The summed E-state index contributed by atoms with van der Waals surface area (Å²) in [5.41, 5.74) is 7.51. The molecule has 0 bridgehead atoms. The molecule has 1 heterocycles. The van der Waals surface area contributed by atoms with Gasteiger partial charge < -0.3 is 15.8 Å². The fourth-order valence-corrected chi connectivity index (χ4v) is 1.96. The highest BCUT2D eigenvalue weighted by Gasteiger charge is 2.16. The van der Waals surface area contributed by atoms with Crippen molar-refractivity contribution in [3.05, 3.63) is 16.2 Å². The zero-order valence-electron chi connectivity index (χ0n) is 11.5. The smallest absolute Gasteiger partial charge is 0.141 e. The predicted molar refractivity (Wildman–Crippen MR) is 79.8 cm³/mol. The summed E-state index contributed by atoms with van der Waals surface area (Å²) >= 11 is 3.53. The normalized spacial score (nSPS) is 12.8. The van der Waals surface area contributed by atoms with Crippen molar-refractivity contribution in [1.82, 2.24) is 4.98 Å². The van der Waals surface area contributed by atoms with Gasteiger partial charge in [-0.25, -0.2) is 4.98 Å². The van der Waals surface area contributed by atoms with E-state index in [1.165, 1.54) is 0 Å². The van der Waals surface area contributed by atoms with Crippen LogP contribution in [0.4, 0.5) is 11.5 Å². The van der Waals surface area contributed by atoms with E-state index in [1.54, 1.807) is 6.20 Å². The Morgan fingerprint density at radius 1 is 1.50 bits per heavy atom. The summed E-state index contributed by atoms with van der Waals surface area (Å²) in [7, 11) is 0. The van der Waals surface area contributed by atoms with E-state index in [1.807, 2.05) is 13.8 Å². The molecule has 0 spiro atoms. The molecule has 1 aromatic heterocycles. The minimum absolute atomic E-state index is 0.233. The van der Waals surface area contributed by atoms with E-state index in [4.69, 9.17) is 10.5 Å². The number of nitrogens with one attached hydrogen (secondary N) is 1. The first-order valence-electron chi connectivity index (χ1n) is 6.22. The fraction of sp³-hybridized carbons (Fsp3) is 0.615. The van der Waals surface area contributed by atoms with Gasteiger partial charge in [0.25, 0.3) is 0 Å². The topological polar surface area (TPSA) is 60.2 Å². The Bertz CT molecular complexity index is 396. The van der Waals surface area contributed by atoms with Crippen molar-refractivity contribution in [2.75, 3.05) is 24.3 Å². The summed E-state index contributed by atoms with van der Waals surface area (Å²) in [6.45, 7) is 9.69. The van der Waals surface area contributed by atoms with Crippen molar-refractivity contribution in [2.45, 2.75) is 33.7 Å². The summed E-state index contributed by atoms with van der Waals surface area (Å²) in [5, 5.41) is 3.41. The van der Waals surface area contributed by atoms with Gasteiger partial charge in [0.05, 0.1) is 29.0 Å². The molecule has 1 rings (SSSR count). The maximum atomic E-state index is 5.82. The van der Waals surface area contributed by atoms with Gasteiger partial charge >= 0.3 is 0 Å². The van der Waals surface area contributed by atoms with Gasteiger partial charge in [-0.15, -0.1) is 0 Å². The number of rotatable bonds is 6. The number of ether oxygens (including phenoxy) is 1. The summed E-state index contributed by atoms with van der Waals surface area (Å²) in [4.78, 5) is 4.33. The second-order valence-electron chi connectivity index (χ2n) is 4.66. The fourth-order valence-electron chi connectivity index (χ4n) is 1.51. The van der Waals surface area contributed by atoms with Crippen LogP contribution in [0, 0.1) is 12.8 Å². The van der Waals surface area contributed by atoms with Crippen LogP contribution in [0.5, 0.6) is 0 Å². The van der Waals surface area contributed by atoms with E-state index in [2.05, 4.69) is 40.1 Å². The molecule has 0 saturated heterocycles. The van der Waals surface area contributed by atoms with E-state index in [9.17, 15) is 0 Å². The number of nitrogens with two attached hydrogens (primary N) is 1. The quantitative estimate of drug-likeness (QED) is 0.846. The maximum Gasteiger partial charge on any atom is 0.141 e. The minimum Gasteiger partial charge on any atom is -0.397 e. The van der Waals surface area contributed by atoms with Crippen LogP contribution in [0.25, 0.3) is 0 Å². The van der Waals surface area contributed by atoms with Crippen molar-refractivity contribution >= 4 is 27.4 Å². The van der Waals surface area contributed by atoms with Crippen LogP contribution in [-0.4, -0.2) is 24.2 Å². The third-order valence-corrected chi connectivity index (χ3v) is 3.90. The highest BCUT2D eigenvalue weighted by atomic mass is 79.9. The molecule has 1 unspecified atom stereocenters. The maximum absolute atomic E-state index is 5.82. The van der Waals surface area contributed by atoms with Crippen LogP contribution in [0.15, 0.2) is 10.7 Å². The number of pyridine rings is 1. The molecule has 3 N–H and O–H groups in total. The molecule has 5 heteroatoms. The Labute approximate surface area is 117 Å². The van der Waals surface area contributed by atoms with Crippen LogP contribution in [-0.2, 0) is 4.74 Å². The Morgan fingerprint density at radius 2 is 2.17 bits per heavy atom. The highest BCUT2D eigenvalue weighted by molar-refractivity contribution is 9.10. The van der Waals surface area contributed by atoms with Crippen LogP contribution in [0.2, 0.25) is 0 Å². The number of halogens is 1. The van der Waals surface area contributed by atoms with Crippen LogP contribution in [0.1, 0.15) is 26.3 Å². The van der Waals surface area contributed by atoms with Gasteiger partial charge in [0.15, 0.2) is 0 Å². The minimum atomic E-state index is 0.233. The lowest BCUT2D eigenvalue weighted by atomic mass is 10.1. The van der Waals surface area contributed by atoms with E-state index in [0.29, 0.717) is 18.2 Å². The second-order valence-corrected chi connectivity index (χ2v) is 5.45. The van der Waals surface area contributed by atoms with Crippen molar-refractivity contribution in [2.24, 2.45) is 5.92 Å². The third kappa shape index (κ3) is 3.85. The molecular formula is C13H22BrN3O. The molecular weight excluding hydrogens is 294 g/mol. The van der Waals surface area contributed by atoms with Gasteiger partial charge in [-0.3, -0.25) is 0 Å². The van der Waals surface area contributed by atoms with Gasteiger partial charge in [0.2, 0.25) is 0 Å². The Morgan fingerprint density at radius 3 is 2.72 bits per heavy atom. The van der Waals surface area contributed by atoms with E-state index in [-0.39, 0.29) is 6.04 Å². The van der Waals surface area contributed by atoms with E-state index < -0.39 is 0 Å². The lowest BCUT2D eigenvalue weighted by Gasteiger charge is -2.23. The van der Waals surface area contributed by atoms with Crippen LogP contribution >= 0.6 is 15.9 Å². The highest BCUT2D eigenvalue weighted by Crippen LogP contribution is 2.28. The first kappa shape index (κ1) is 15.2. The van der Waals surface area contributed by atoms with Gasteiger partial charge in [0, 0.05) is 6.61 Å². The molecule has 1 aromatic rings. The third-order valence-electron chi connectivity index (χ3n) is 2.93. The molecule has 0 aliphatic heterocycles. The number of hydrogen-bond acceptors (Lipinski definition) is 4. The number of nitrogens with zero attached hydrogens (tertiary/aromatic N) is 1. The summed E-state index contributed by atoms with van der Waals surface area (Å²) in [6.07, 6.45) is 1.68. The second kappa shape index (κ2) is 6.95. The zero-order valence-corrected chi connectivity index (χ0v) is 13.0. The monoisotopic (exact) mass is 315 g/mol. The lowest BCUT2D eigenvalue weighted by molar-refractivity contribution is 0.126. The standard InChI is InChI=1S/C13H22BrN3O/c1-5-18-7-11(8(2)3)17-13-12(14)9(4)10(15)6-16-13/h6,8,11H,5,7,15H2,1-4H3,(H,16,17). The molecule has 0 aliphatic carbocycles. The van der Waals surface area contributed by atoms with Crippen molar-refractivity contribution in [3.8, 4) is 0 Å². The number of anilines is 2. The zero-order chi connectivity index (χ0) is 13.7. The Hall–Kier alpha value is -0.810. The average Bonchev–Trinajstić information content (AvgIpc) is 2.33. The van der Waals surface area contributed by atoms with Gasteiger partial charge in [-0.1, -0.05) is 13.8 Å². The SMILES string of the molecule is CCOCC(Nc1ncc(N)c(C)c1Br)C(C)C. The number of aromatic nitrogens is 1. The molecule has 0 aliphatic rings. The first-order chi connectivity index (χ1) is 8.47. The molecule has 18 heavy (non-hydrogen) atoms. The summed E-state index contributed by atoms with van der Waals surface area (Å²) < 4.78 is 6.41. The van der Waals surface area contributed by atoms with E-state index >= 15 is 0 Å². The van der Waals surface area contributed by atoms with Crippen LogP contribution in [0.3, 0.4) is 0 Å². The van der Waals surface area contributed by atoms with Gasteiger partial charge in [-0.2, -0.15) is 0 Å². The molecule has 0 amide bonds. The van der Waals surface area contributed by atoms with Crippen molar-refractivity contribution < 1.29 is 4.74 Å². The predicted octanol–water partition coefficient (Wildman–Crippen LogP) is 3.21. The number of nitrogen functional groups attached to an aromatic ring is 1. The molecule has 0 saturated carbocycles. The largest absolute Gasteiger partial charge is 0.397 e. The van der Waals surface area contributed by atoms with Gasteiger partial charge in [0.1, 0.15) is 5.82 Å². The lowest BCUT2D eigenvalue weighted by Crippen LogP contribution is -2.31. The average molecular weight is 316 g/mol. The number of hydrogen-bond donors (Lipinski definition) is 2. The first-order valence-corrected chi connectivity index (χ1v) is 7.01. The molecule has 0 aromatic carbocycles. The van der Waals surface area contributed by atoms with Gasteiger partial charge in [-0.05, 0) is 41.3 Å². The molecule has 0 radical (unpaired) electrons.